The van der Waals surface area contributed by atoms with Gasteiger partial charge in [0.05, 0.1) is 5.69 Å². The first-order chi connectivity index (χ1) is 8.47. The Morgan fingerprint density at radius 3 is 2.56 bits per heavy atom. The highest BCUT2D eigenvalue weighted by molar-refractivity contribution is 7.89. The largest absolute Gasteiger partial charge is 0.398 e. The van der Waals surface area contributed by atoms with Gasteiger partial charge in [-0.1, -0.05) is 38.3 Å². The number of hydrogen-bond acceptors (Lipinski definition) is 3. The van der Waals surface area contributed by atoms with Crippen LogP contribution in [0.15, 0.2) is 29.2 Å². The van der Waals surface area contributed by atoms with E-state index in [4.69, 9.17) is 5.73 Å². The van der Waals surface area contributed by atoms with Gasteiger partial charge in [-0.2, -0.15) is 0 Å². The summed E-state index contributed by atoms with van der Waals surface area (Å²) in [5, 5.41) is 0. The lowest BCUT2D eigenvalue weighted by Crippen LogP contribution is -2.32. The van der Waals surface area contributed by atoms with Gasteiger partial charge >= 0.3 is 0 Å². The van der Waals surface area contributed by atoms with Crippen LogP contribution in [-0.2, 0) is 10.0 Å². The van der Waals surface area contributed by atoms with Gasteiger partial charge in [-0.25, -0.2) is 13.1 Å². The zero-order valence-electron chi connectivity index (χ0n) is 11.0. The number of nitrogens with one attached hydrogen (secondary N) is 1. The minimum Gasteiger partial charge on any atom is -0.398 e. The zero-order valence-corrected chi connectivity index (χ0v) is 11.8. The van der Waals surface area contributed by atoms with Gasteiger partial charge in [0.1, 0.15) is 4.90 Å². The van der Waals surface area contributed by atoms with Gasteiger partial charge < -0.3 is 5.73 Å². The average molecular weight is 270 g/mol. The van der Waals surface area contributed by atoms with Gasteiger partial charge in [0.25, 0.3) is 0 Å². The van der Waals surface area contributed by atoms with Crippen molar-refractivity contribution < 1.29 is 8.42 Å². The molecule has 0 spiro atoms. The molecule has 0 saturated carbocycles. The third-order valence-electron chi connectivity index (χ3n) is 2.81. The first-order valence-corrected chi connectivity index (χ1v) is 7.82. The summed E-state index contributed by atoms with van der Waals surface area (Å²) < 4.78 is 26.9. The van der Waals surface area contributed by atoms with Crippen LogP contribution in [0.4, 0.5) is 5.69 Å². The molecule has 1 atom stereocenters. The summed E-state index contributed by atoms with van der Waals surface area (Å²) in [5.41, 5.74) is 5.97. The van der Waals surface area contributed by atoms with Crippen molar-refractivity contribution in [2.75, 3.05) is 5.73 Å². The van der Waals surface area contributed by atoms with Crippen LogP contribution in [-0.4, -0.2) is 14.5 Å². The molecule has 0 aliphatic rings. The molecule has 0 radical (unpaired) electrons. The van der Waals surface area contributed by atoms with E-state index in [2.05, 4.69) is 11.6 Å². The van der Waals surface area contributed by atoms with Crippen LogP contribution in [0.25, 0.3) is 0 Å². The molecule has 0 fully saturated rings. The van der Waals surface area contributed by atoms with Crippen LogP contribution in [0.1, 0.15) is 39.5 Å². The monoisotopic (exact) mass is 270 g/mol. The average Bonchev–Trinajstić information content (AvgIpc) is 2.29. The van der Waals surface area contributed by atoms with E-state index in [1.165, 1.54) is 6.07 Å². The molecule has 0 aliphatic carbocycles. The standard InChI is InChI=1S/C13H22N2O2S/c1-3-4-5-8-11(2)15-18(16,17)13-10-7-6-9-12(13)14/h6-7,9-11,15H,3-5,8,14H2,1-2H3. The Bertz CT molecular complexity index is 472. The SMILES string of the molecule is CCCCCC(C)NS(=O)(=O)c1ccccc1N. The lowest BCUT2D eigenvalue weighted by molar-refractivity contribution is 0.527. The number of para-hydroxylation sites is 1. The predicted molar refractivity (Wildman–Crippen MR) is 74.8 cm³/mol. The van der Waals surface area contributed by atoms with E-state index in [1.54, 1.807) is 18.2 Å². The summed E-state index contributed by atoms with van der Waals surface area (Å²) in [6.45, 7) is 4.01. The van der Waals surface area contributed by atoms with E-state index in [0.29, 0.717) is 0 Å². The molecule has 18 heavy (non-hydrogen) atoms. The molecule has 102 valence electrons. The molecule has 0 bridgehead atoms. The van der Waals surface area contributed by atoms with Crippen molar-refractivity contribution in [2.45, 2.75) is 50.5 Å². The summed E-state index contributed by atoms with van der Waals surface area (Å²) in [4.78, 5) is 0.160. The highest BCUT2D eigenvalue weighted by Crippen LogP contribution is 2.17. The Kier molecular flexibility index (Phi) is 5.62. The lowest BCUT2D eigenvalue weighted by Gasteiger charge is -2.15. The maximum Gasteiger partial charge on any atom is 0.242 e. The minimum atomic E-state index is -3.50. The quantitative estimate of drug-likeness (QED) is 0.590. The van der Waals surface area contributed by atoms with Crippen molar-refractivity contribution >= 4 is 15.7 Å². The van der Waals surface area contributed by atoms with Crippen molar-refractivity contribution in [3.05, 3.63) is 24.3 Å². The number of sulfonamides is 1. The molecule has 0 aromatic heterocycles. The molecular weight excluding hydrogens is 248 g/mol. The summed E-state index contributed by atoms with van der Waals surface area (Å²) >= 11 is 0. The Labute approximate surface area is 110 Å². The lowest BCUT2D eigenvalue weighted by atomic mass is 10.1. The van der Waals surface area contributed by atoms with Crippen LogP contribution < -0.4 is 10.5 Å². The molecule has 5 heteroatoms. The van der Waals surface area contributed by atoms with Crippen LogP contribution in [0, 0.1) is 0 Å². The smallest absolute Gasteiger partial charge is 0.242 e. The normalized spacial score (nSPS) is 13.4. The molecule has 1 aromatic rings. The maximum absolute atomic E-state index is 12.1. The molecule has 0 saturated heterocycles. The molecule has 0 heterocycles. The fourth-order valence-corrected chi connectivity index (χ4v) is 3.22. The summed E-state index contributed by atoms with van der Waals surface area (Å²) in [5.74, 6) is 0. The van der Waals surface area contributed by atoms with Crippen LogP contribution in [0.2, 0.25) is 0 Å². The van der Waals surface area contributed by atoms with Crippen molar-refractivity contribution in [3.63, 3.8) is 0 Å². The first kappa shape index (κ1) is 15.0. The summed E-state index contributed by atoms with van der Waals surface area (Å²) in [7, 11) is -3.50. The molecule has 1 rings (SSSR count). The zero-order chi connectivity index (χ0) is 13.6. The van der Waals surface area contributed by atoms with Crippen LogP contribution in [0.3, 0.4) is 0 Å². The van der Waals surface area contributed by atoms with Gasteiger partial charge in [0.2, 0.25) is 10.0 Å². The van der Waals surface area contributed by atoms with E-state index < -0.39 is 10.0 Å². The van der Waals surface area contributed by atoms with Crippen LogP contribution >= 0.6 is 0 Å². The number of benzene rings is 1. The van der Waals surface area contributed by atoms with E-state index in [9.17, 15) is 8.42 Å². The molecule has 4 nitrogen and oxygen atoms in total. The van der Waals surface area contributed by atoms with Crippen molar-refractivity contribution in [1.82, 2.24) is 4.72 Å². The van der Waals surface area contributed by atoms with E-state index in [1.807, 2.05) is 6.92 Å². The van der Waals surface area contributed by atoms with Gasteiger partial charge in [0, 0.05) is 6.04 Å². The molecule has 3 N–H and O–H groups in total. The molecule has 1 unspecified atom stereocenters. The van der Waals surface area contributed by atoms with E-state index in [-0.39, 0.29) is 16.6 Å². The number of unbranched alkanes of at least 4 members (excludes halogenated alkanes) is 2. The fourth-order valence-electron chi connectivity index (χ4n) is 1.81. The van der Waals surface area contributed by atoms with Gasteiger partial charge in [-0.15, -0.1) is 0 Å². The van der Waals surface area contributed by atoms with Gasteiger partial charge in [0.15, 0.2) is 0 Å². The number of nitrogen functional groups attached to an aromatic ring is 1. The topological polar surface area (TPSA) is 72.2 Å². The predicted octanol–water partition coefficient (Wildman–Crippen LogP) is 2.52. The number of rotatable bonds is 7. The second kappa shape index (κ2) is 6.75. The second-order valence-corrected chi connectivity index (χ2v) is 6.24. The Hall–Kier alpha value is -1.07. The highest BCUT2D eigenvalue weighted by atomic mass is 32.2. The van der Waals surface area contributed by atoms with Gasteiger partial charge in [-0.3, -0.25) is 0 Å². The van der Waals surface area contributed by atoms with Gasteiger partial charge in [-0.05, 0) is 25.5 Å². The molecular formula is C13H22N2O2S. The molecule has 0 aliphatic heterocycles. The van der Waals surface area contributed by atoms with E-state index in [0.717, 1.165) is 25.7 Å². The van der Waals surface area contributed by atoms with E-state index >= 15 is 0 Å². The first-order valence-electron chi connectivity index (χ1n) is 6.34. The number of anilines is 1. The summed E-state index contributed by atoms with van der Waals surface area (Å²) in [6.07, 6.45) is 4.13. The molecule has 1 aromatic carbocycles. The fraction of sp³-hybridized carbons (Fsp3) is 0.538. The summed E-state index contributed by atoms with van der Waals surface area (Å²) in [6, 6.07) is 6.44. The van der Waals surface area contributed by atoms with Crippen molar-refractivity contribution in [3.8, 4) is 0 Å². The third kappa shape index (κ3) is 4.31. The highest BCUT2D eigenvalue weighted by Gasteiger charge is 2.19. The number of hydrogen-bond donors (Lipinski definition) is 2. The number of nitrogens with two attached hydrogens (primary N) is 1. The Morgan fingerprint density at radius 1 is 1.28 bits per heavy atom. The second-order valence-electron chi connectivity index (χ2n) is 4.56. The molecule has 0 amide bonds. The third-order valence-corrected chi connectivity index (χ3v) is 4.47. The van der Waals surface area contributed by atoms with Crippen molar-refractivity contribution in [2.24, 2.45) is 0 Å². The van der Waals surface area contributed by atoms with Crippen molar-refractivity contribution in [1.29, 1.82) is 0 Å². The Morgan fingerprint density at radius 2 is 1.94 bits per heavy atom. The minimum absolute atomic E-state index is 0.0684. The maximum atomic E-state index is 12.1. The Balaban J connectivity index is 2.68. The van der Waals surface area contributed by atoms with Crippen LogP contribution in [0.5, 0.6) is 0 Å².